The molecule has 1 aliphatic heterocycles. The van der Waals surface area contributed by atoms with Crippen molar-refractivity contribution in [3.63, 3.8) is 0 Å². The number of hydrogen-bond acceptors (Lipinski definition) is 3. The van der Waals surface area contributed by atoms with E-state index in [-0.39, 0.29) is 39.6 Å². The number of imide groups is 1. The topological polar surface area (TPSA) is 74.7 Å². The maximum absolute atomic E-state index is 11.3. The first-order valence-electron chi connectivity index (χ1n) is 4.27. The van der Waals surface area contributed by atoms with Crippen LogP contribution in [0.15, 0.2) is 0 Å². The molecule has 6 heteroatoms. The molecule has 0 aliphatic carbocycles. The minimum absolute atomic E-state index is 0.155. The molecule has 0 aromatic heterocycles. The van der Waals surface area contributed by atoms with Gasteiger partial charge in [0.15, 0.2) is 0 Å². The molecule has 1 fully saturated rings. The summed E-state index contributed by atoms with van der Waals surface area (Å²) in [6.45, 7) is 1.85. The summed E-state index contributed by atoms with van der Waals surface area (Å²) in [4.78, 5) is 33.4. The first kappa shape index (κ1) is 11.2. The zero-order valence-corrected chi connectivity index (χ0v) is 9.44. The van der Waals surface area contributed by atoms with Crippen molar-refractivity contribution in [2.45, 2.75) is 30.0 Å². The fourth-order valence-corrected chi connectivity index (χ4v) is 3.04. The summed E-state index contributed by atoms with van der Waals surface area (Å²) in [5, 5.41) is 9.57. The standard InChI is InChI=1S/C8H11NO4Se/c1-2-14-7(8(12)13)9-5(10)3-4-6(9)11/h7H,2-4H2,1H3,(H,12,13). The Hall–Kier alpha value is -0.871. The van der Waals surface area contributed by atoms with E-state index >= 15 is 0 Å². The van der Waals surface area contributed by atoms with Gasteiger partial charge in [0.2, 0.25) is 0 Å². The molecular weight excluding hydrogens is 253 g/mol. The number of carbonyl (C=O) groups excluding carboxylic acids is 2. The van der Waals surface area contributed by atoms with Crippen LogP contribution in [0.3, 0.4) is 0 Å². The third-order valence-corrected chi connectivity index (χ3v) is 4.09. The van der Waals surface area contributed by atoms with Gasteiger partial charge in [-0.25, -0.2) is 0 Å². The molecular formula is C8H11NO4Se. The normalized spacial score (nSPS) is 18.8. The van der Waals surface area contributed by atoms with E-state index in [1.807, 2.05) is 6.92 Å². The summed E-state index contributed by atoms with van der Waals surface area (Å²) in [6, 6.07) is 0. The first-order chi connectivity index (χ1) is 6.57. The van der Waals surface area contributed by atoms with E-state index < -0.39 is 10.9 Å². The van der Waals surface area contributed by atoms with Gasteiger partial charge in [-0.3, -0.25) is 0 Å². The molecule has 78 valence electrons. The van der Waals surface area contributed by atoms with E-state index in [9.17, 15) is 14.4 Å². The molecule has 1 heterocycles. The molecule has 2 amide bonds. The second-order valence-corrected chi connectivity index (χ2v) is 5.65. The van der Waals surface area contributed by atoms with Gasteiger partial charge >= 0.3 is 87.2 Å². The van der Waals surface area contributed by atoms with Crippen LogP contribution in [0, 0.1) is 0 Å². The third-order valence-electron chi connectivity index (χ3n) is 1.86. The second-order valence-electron chi connectivity index (χ2n) is 2.80. The van der Waals surface area contributed by atoms with Crippen LogP contribution in [-0.4, -0.2) is 47.7 Å². The Morgan fingerprint density at radius 1 is 1.50 bits per heavy atom. The van der Waals surface area contributed by atoms with Gasteiger partial charge in [0.25, 0.3) is 0 Å². The number of hydrogen-bond donors (Lipinski definition) is 1. The van der Waals surface area contributed by atoms with Crippen LogP contribution in [0.1, 0.15) is 19.8 Å². The van der Waals surface area contributed by atoms with Gasteiger partial charge in [0, 0.05) is 0 Å². The zero-order chi connectivity index (χ0) is 10.7. The SMILES string of the molecule is CC[Se]C(C(=O)O)N1C(=O)CCC1=O. The molecule has 0 bridgehead atoms. The average Bonchev–Trinajstić information content (AvgIpc) is 2.43. The molecule has 0 saturated carbocycles. The van der Waals surface area contributed by atoms with Crippen molar-refractivity contribution in [3.05, 3.63) is 0 Å². The van der Waals surface area contributed by atoms with Crippen molar-refractivity contribution in [2.75, 3.05) is 0 Å². The molecule has 0 spiro atoms. The molecule has 1 aliphatic rings. The van der Waals surface area contributed by atoms with E-state index in [4.69, 9.17) is 5.11 Å². The van der Waals surface area contributed by atoms with Crippen molar-refractivity contribution in [1.29, 1.82) is 0 Å². The Bertz CT molecular complexity index is 263. The van der Waals surface area contributed by atoms with E-state index in [1.165, 1.54) is 0 Å². The van der Waals surface area contributed by atoms with E-state index in [0.29, 0.717) is 5.32 Å². The van der Waals surface area contributed by atoms with Gasteiger partial charge < -0.3 is 0 Å². The molecule has 0 aromatic rings. The molecule has 14 heavy (non-hydrogen) atoms. The van der Waals surface area contributed by atoms with E-state index in [2.05, 4.69) is 0 Å². The first-order valence-corrected chi connectivity index (χ1v) is 6.47. The van der Waals surface area contributed by atoms with Crippen LogP contribution >= 0.6 is 0 Å². The molecule has 1 N–H and O–H groups in total. The predicted octanol–water partition coefficient (Wildman–Crippen LogP) is -0.312. The number of likely N-dealkylation sites (tertiary alicyclic amines) is 1. The van der Waals surface area contributed by atoms with Crippen LogP contribution < -0.4 is 0 Å². The fourth-order valence-electron chi connectivity index (χ4n) is 1.27. The van der Waals surface area contributed by atoms with Crippen LogP contribution in [0.2, 0.25) is 5.32 Å². The number of amides is 2. The summed E-state index contributed by atoms with van der Waals surface area (Å²) in [6.07, 6.45) is 0.310. The predicted molar refractivity (Wildman–Crippen MR) is 48.7 cm³/mol. The van der Waals surface area contributed by atoms with Crippen molar-refractivity contribution >= 4 is 32.7 Å². The number of aliphatic carboxylic acids is 1. The second kappa shape index (κ2) is 4.57. The fraction of sp³-hybridized carbons (Fsp3) is 0.625. The van der Waals surface area contributed by atoms with Crippen LogP contribution in [-0.2, 0) is 14.4 Å². The maximum atomic E-state index is 11.3. The summed E-state index contributed by atoms with van der Waals surface area (Å²) >= 11 is -0.235. The van der Waals surface area contributed by atoms with Crippen molar-refractivity contribution in [1.82, 2.24) is 4.90 Å². The number of rotatable bonds is 4. The Labute approximate surface area is 87.6 Å². The van der Waals surface area contributed by atoms with Gasteiger partial charge in [-0.1, -0.05) is 0 Å². The molecule has 5 nitrogen and oxygen atoms in total. The van der Waals surface area contributed by atoms with Crippen LogP contribution in [0.25, 0.3) is 0 Å². The molecule has 1 saturated heterocycles. The molecule has 0 aromatic carbocycles. The van der Waals surface area contributed by atoms with Crippen molar-refractivity contribution in [3.8, 4) is 0 Å². The van der Waals surface area contributed by atoms with E-state index in [1.54, 1.807) is 0 Å². The number of carboxylic acid groups (broad SMARTS) is 1. The number of carboxylic acids is 1. The monoisotopic (exact) mass is 265 g/mol. The van der Waals surface area contributed by atoms with Gasteiger partial charge in [0.05, 0.1) is 0 Å². The Balaban J connectivity index is 2.81. The van der Waals surface area contributed by atoms with Gasteiger partial charge in [-0.2, -0.15) is 0 Å². The summed E-state index contributed by atoms with van der Waals surface area (Å²) in [7, 11) is 0. The van der Waals surface area contributed by atoms with Gasteiger partial charge in [0.1, 0.15) is 0 Å². The summed E-state index contributed by atoms with van der Waals surface area (Å²) in [5.74, 6) is -1.77. The summed E-state index contributed by atoms with van der Waals surface area (Å²) in [5.41, 5.74) is 0. The van der Waals surface area contributed by atoms with Crippen LogP contribution in [0.4, 0.5) is 0 Å². The van der Waals surface area contributed by atoms with Gasteiger partial charge in [-0.05, 0) is 0 Å². The average molecular weight is 264 g/mol. The zero-order valence-electron chi connectivity index (χ0n) is 7.73. The number of carbonyl (C=O) groups is 3. The summed E-state index contributed by atoms with van der Waals surface area (Å²) < 4.78 is 0. The molecule has 1 atom stereocenters. The number of nitrogens with zero attached hydrogens (tertiary/aromatic N) is 1. The minimum atomic E-state index is -1.07. The van der Waals surface area contributed by atoms with Crippen LogP contribution in [0.5, 0.6) is 0 Å². The Kier molecular flexibility index (Phi) is 3.66. The molecule has 1 rings (SSSR count). The Morgan fingerprint density at radius 3 is 2.36 bits per heavy atom. The van der Waals surface area contributed by atoms with Crippen molar-refractivity contribution < 1.29 is 19.5 Å². The molecule has 1 unspecified atom stereocenters. The van der Waals surface area contributed by atoms with Gasteiger partial charge in [-0.15, -0.1) is 0 Å². The van der Waals surface area contributed by atoms with Crippen molar-refractivity contribution in [2.24, 2.45) is 0 Å². The third kappa shape index (κ3) is 2.13. The quantitative estimate of drug-likeness (QED) is 0.558. The van der Waals surface area contributed by atoms with E-state index in [0.717, 1.165) is 4.90 Å². The molecule has 0 radical (unpaired) electrons. The Morgan fingerprint density at radius 2 is 2.00 bits per heavy atom.